The Kier molecular flexibility index (Phi) is 3.41. The van der Waals surface area contributed by atoms with Crippen molar-refractivity contribution in [3.05, 3.63) is 29.3 Å². The molecule has 0 heterocycles. The van der Waals surface area contributed by atoms with Crippen LogP contribution in [-0.4, -0.2) is 12.2 Å². The number of benzene rings is 1. The monoisotopic (exact) mass is 202 g/mol. The molecule has 1 atom stereocenters. The maximum atomic E-state index is 12.6. The van der Waals surface area contributed by atoms with Crippen molar-refractivity contribution in [1.82, 2.24) is 0 Å². The quantitative estimate of drug-likeness (QED) is 0.816. The molecule has 0 aliphatic rings. The standard InChI is InChI=1S/C10H12F2O2/c1-6(13)7-4-3-5-8(14-2)9(7)10(11)12/h3-6,10,13H,1-2H3. The van der Waals surface area contributed by atoms with Crippen molar-refractivity contribution in [3.63, 3.8) is 0 Å². The van der Waals surface area contributed by atoms with Crippen LogP contribution in [0, 0.1) is 0 Å². The van der Waals surface area contributed by atoms with Gasteiger partial charge in [0.1, 0.15) is 5.75 Å². The van der Waals surface area contributed by atoms with Gasteiger partial charge in [0.15, 0.2) is 0 Å². The van der Waals surface area contributed by atoms with E-state index in [-0.39, 0.29) is 16.9 Å². The van der Waals surface area contributed by atoms with Crippen molar-refractivity contribution < 1.29 is 18.6 Å². The first-order chi connectivity index (χ1) is 6.57. The molecule has 0 amide bonds. The van der Waals surface area contributed by atoms with E-state index in [1.807, 2.05) is 0 Å². The second kappa shape index (κ2) is 4.37. The van der Waals surface area contributed by atoms with E-state index in [0.29, 0.717) is 0 Å². The van der Waals surface area contributed by atoms with Gasteiger partial charge in [-0.05, 0) is 18.6 Å². The predicted octanol–water partition coefficient (Wildman–Crippen LogP) is 2.69. The number of halogens is 2. The molecule has 0 fully saturated rings. The third-order valence-electron chi connectivity index (χ3n) is 1.99. The summed E-state index contributed by atoms with van der Waals surface area (Å²) in [5.41, 5.74) is -0.0237. The molecule has 0 aliphatic heterocycles. The molecule has 2 nitrogen and oxygen atoms in total. The largest absolute Gasteiger partial charge is 0.496 e. The third-order valence-corrected chi connectivity index (χ3v) is 1.99. The highest BCUT2D eigenvalue weighted by molar-refractivity contribution is 5.42. The van der Waals surface area contributed by atoms with Gasteiger partial charge in [0, 0.05) is 0 Å². The van der Waals surface area contributed by atoms with Crippen LogP contribution in [0.25, 0.3) is 0 Å². The van der Waals surface area contributed by atoms with Crippen molar-refractivity contribution >= 4 is 0 Å². The molecular weight excluding hydrogens is 190 g/mol. The van der Waals surface area contributed by atoms with Gasteiger partial charge in [0.2, 0.25) is 0 Å². The van der Waals surface area contributed by atoms with Crippen LogP contribution in [0.5, 0.6) is 5.75 Å². The van der Waals surface area contributed by atoms with E-state index in [1.165, 1.54) is 26.2 Å². The minimum Gasteiger partial charge on any atom is -0.496 e. The Labute approximate surface area is 81.1 Å². The zero-order valence-corrected chi connectivity index (χ0v) is 8.00. The molecule has 1 N–H and O–H groups in total. The SMILES string of the molecule is COc1cccc(C(C)O)c1C(F)F. The topological polar surface area (TPSA) is 29.5 Å². The van der Waals surface area contributed by atoms with E-state index in [0.717, 1.165) is 0 Å². The lowest BCUT2D eigenvalue weighted by Crippen LogP contribution is -2.01. The van der Waals surface area contributed by atoms with Gasteiger partial charge in [-0.2, -0.15) is 0 Å². The maximum absolute atomic E-state index is 12.6. The van der Waals surface area contributed by atoms with Crippen molar-refractivity contribution in [2.75, 3.05) is 7.11 Å². The van der Waals surface area contributed by atoms with Crippen molar-refractivity contribution in [1.29, 1.82) is 0 Å². The van der Waals surface area contributed by atoms with Gasteiger partial charge in [0.25, 0.3) is 6.43 Å². The molecule has 0 saturated carbocycles. The molecule has 4 heteroatoms. The smallest absolute Gasteiger partial charge is 0.267 e. The molecule has 0 bridgehead atoms. The average molecular weight is 202 g/mol. The molecule has 0 spiro atoms. The number of ether oxygens (including phenoxy) is 1. The molecule has 1 unspecified atom stereocenters. The van der Waals surface area contributed by atoms with Gasteiger partial charge in [-0.25, -0.2) is 8.78 Å². The number of hydrogen-bond acceptors (Lipinski definition) is 2. The van der Waals surface area contributed by atoms with Crippen LogP contribution in [0.1, 0.15) is 30.6 Å². The third kappa shape index (κ3) is 2.01. The summed E-state index contributed by atoms with van der Waals surface area (Å²) in [5.74, 6) is 0.110. The second-order valence-electron chi connectivity index (χ2n) is 2.94. The Morgan fingerprint density at radius 1 is 1.36 bits per heavy atom. The van der Waals surface area contributed by atoms with Gasteiger partial charge in [-0.3, -0.25) is 0 Å². The Balaban J connectivity index is 3.28. The molecule has 78 valence electrons. The first-order valence-electron chi connectivity index (χ1n) is 4.21. The molecule has 1 aromatic rings. The van der Waals surface area contributed by atoms with Gasteiger partial charge in [-0.1, -0.05) is 12.1 Å². The van der Waals surface area contributed by atoms with Gasteiger partial charge in [0.05, 0.1) is 18.8 Å². The summed E-state index contributed by atoms with van der Waals surface area (Å²) in [7, 11) is 1.33. The Morgan fingerprint density at radius 2 is 2.00 bits per heavy atom. The lowest BCUT2D eigenvalue weighted by Gasteiger charge is -2.14. The van der Waals surface area contributed by atoms with Crippen LogP contribution in [0.15, 0.2) is 18.2 Å². The fraction of sp³-hybridized carbons (Fsp3) is 0.400. The highest BCUT2D eigenvalue weighted by Gasteiger charge is 2.20. The minimum atomic E-state index is -2.64. The number of aliphatic hydroxyl groups is 1. The van der Waals surface area contributed by atoms with E-state index in [1.54, 1.807) is 6.07 Å². The van der Waals surface area contributed by atoms with Crippen molar-refractivity contribution in [2.24, 2.45) is 0 Å². The Bertz CT molecular complexity index is 311. The van der Waals surface area contributed by atoms with Crippen LogP contribution in [0.2, 0.25) is 0 Å². The van der Waals surface area contributed by atoms with Crippen molar-refractivity contribution in [2.45, 2.75) is 19.5 Å². The van der Waals surface area contributed by atoms with Crippen LogP contribution >= 0.6 is 0 Å². The molecule has 1 aromatic carbocycles. The summed E-state index contributed by atoms with van der Waals surface area (Å²) in [5, 5.41) is 9.28. The van der Waals surface area contributed by atoms with E-state index in [4.69, 9.17) is 4.74 Å². The molecule has 1 rings (SSSR count). The molecule has 0 radical (unpaired) electrons. The summed E-state index contributed by atoms with van der Waals surface area (Å²) in [4.78, 5) is 0. The summed E-state index contributed by atoms with van der Waals surface area (Å²) in [6.45, 7) is 1.45. The van der Waals surface area contributed by atoms with Crippen LogP contribution in [0.4, 0.5) is 8.78 Å². The fourth-order valence-corrected chi connectivity index (χ4v) is 1.34. The average Bonchev–Trinajstić information content (AvgIpc) is 2.16. The number of methoxy groups -OCH3 is 1. The minimum absolute atomic E-state index is 0.110. The van der Waals surface area contributed by atoms with Gasteiger partial charge in [-0.15, -0.1) is 0 Å². The normalized spacial score (nSPS) is 13.0. The van der Waals surface area contributed by atoms with Crippen LogP contribution < -0.4 is 4.74 Å². The van der Waals surface area contributed by atoms with Crippen molar-refractivity contribution in [3.8, 4) is 5.75 Å². The second-order valence-corrected chi connectivity index (χ2v) is 2.94. The summed E-state index contributed by atoms with van der Waals surface area (Å²) >= 11 is 0. The summed E-state index contributed by atoms with van der Waals surface area (Å²) in [6, 6.07) is 4.49. The lowest BCUT2D eigenvalue weighted by atomic mass is 10.0. The van der Waals surface area contributed by atoms with Gasteiger partial charge >= 0.3 is 0 Å². The number of alkyl halides is 2. The first kappa shape index (κ1) is 10.9. The molecule has 0 saturated heterocycles. The molecular formula is C10H12F2O2. The zero-order valence-electron chi connectivity index (χ0n) is 8.00. The Hall–Kier alpha value is -1.16. The Morgan fingerprint density at radius 3 is 2.43 bits per heavy atom. The summed E-state index contributed by atoms with van der Waals surface area (Å²) < 4.78 is 30.1. The molecule has 0 aliphatic carbocycles. The van der Waals surface area contributed by atoms with E-state index >= 15 is 0 Å². The van der Waals surface area contributed by atoms with Gasteiger partial charge < -0.3 is 9.84 Å². The lowest BCUT2D eigenvalue weighted by molar-refractivity contribution is 0.136. The fourth-order valence-electron chi connectivity index (χ4n) is 1.34. The number of aliphatic hydroxyl groups excluding tert-OH is 1. The highest BCUT2D eigenvalue weighted by Crippen LogP contribution is 2.34. The predicted molar refractivity (Wildman–Crippen MR) is 48.6 cm³/mol. The number of rotatable bonds is 3. The van der Waals surface area contributed by atoms with Crippen LogP contribution in [-0.2, 0) is 0 Å². The van der Waals surface area contributed by atoms with E-state index < -0.39 is 12.5 Å². The highest BCUT2D eigenvalue weighted by atomic mass is 19.3. The molecule has 14 heavy (non-hydrogen) atoms. The maximum Gasteiger partial charge on any atom is 0.267 e. The number of hydrogen-bond donors (Lipinski definition) is 1. The van der Waals surface area contributed by atoms with E-state index in [2.05, 4.69) is 0 Å². The summed E-state index contributed by atoms with van der Waals surface area (Å²) in [6.07, 6.45) is -3.56. The van der Waals surface area contributed by atoms with Crippen LogP contribution in [0.3, 0.4) is 0 Å². The zero-order chi connectivity index (χ0) is 10.7. The molecule has 0 aromatic heterocycles. The van der Waals surface area contributed by atoms with E-state index in [9.17, 15) is 13.9 Å². The first-order valence-corrected chi connectivity index (χ1v) is 4.21.